The van der Waals surface area contributed by atoms with Crippen LogP contribution in [0.3, 0.4) is 0 Å². The summed E-state index contributed by atoms with van der Waals surface area (Å²) in [7, 11) is 3.99. The molecule has 1 aliphatic carbocycles. The first kappa shape index (κ1) is 23.2. The number of nitrogens with zero attached hydrogens (tertiary/aromatic N) is 3. The quantitative estimate of drug-likeness (QED) is 0.458. The first-order chi connectivity index (χ1) is 15.7. The number of hydrogen-bond donors (Lipinski definition) is 2. The lowest BCUT2D eigenvalue weighted by Gasteiger charge is -2.36. The van der Waals surface area contributed by atoms with Gasteiger partial charge >= 0.3 is 6.03 Å². The molecule has 174 valence electrons. The molecule has 3 N–H and O–H groups in total. The van der Waals surface area contributed by atoms with Crippen molar-refractivity contribution in [3.8, 4) is 0 Å². The van der Waals surface area contributed by atoms with E-state index in [0.29, 0.717) is 25.7 Å². The summed E-state index contributed by atoms with van der Waals surface area (Å²) in [6, 6.07) is 11.2. The van der Waals surface area contributed by atoms with Gasteiger partial charge in [-0.15, -0.1) is 0 Å². The van der Waals surface area contributed by atoms with Gasteiger partial charge in [-0.2, -0.15) is 0 Å². The van der Waals surface area contributed by atoms with Crippen LogP contribution in [0, 0.1) is 11.6 Å². The number of nitrogens with two attached hydrogens (primary N) is 1. The van der Waals surface area contributed by atoms with E-state index in [1.54, 1.807) is 0 Å². The first-order valence-corrected chi connectivity index (χ1v) is 11.6. The average molecular weight is 518 g/mol. The number of carbonyl (C=O) groups excluding carboxylic acids is 1. The molecule has 2 aromatic carbocycles. The second kappa shape index (κ2) is 9.51. The molecular weight excluding hydrogens is 492 g/mol. The first-order valence-electron chi connectivity index (χ1n) is 10.8. The van der Waals surface area contributed by atoms with Crippen LogP contribution in [0.5, 0.6) is 0 Å². The monoisotopic (exact) mass is 517 g/mol. The predicted molar refractivity (Wildman–Crippen MR) is 132 cm³/mol. The number of carbonyl (C=O) groups is 1. The fourth-order valence-electron chi connectivity index (χ4n) is 4.53. The Morgan fingerprint density at radius 2 is 1.73 bits per heavy atom. The summed E-state index contributed by atoms with van der Waals surface area (Å²) in [4.78, 5) is 20.0. The highest BCUT2D eigenvalue weighted by Crippen LogP contribution is 2.34. The number of urea groups is 1. The van der Waals surface area contributed by atoms with E-state index >= 15 is 0 Å². The Labute approximate surface area is 199 Å². The van der Waals surface area contributed by atoms with Gasteiger partial charge in [0.1, 0.15) is 11.5 Å². The van der Waals surface area contributed by atoms with Gasteiger partial charge < -0.3 is 16.0 Å². The molecule has 0 radical (unpaired) electrons. The summed E-state index contributed by atoms with van der Waals surface area (Å²) in [5.41, 5.74) is 7.12. The van der Waals surface area contributed by atoms with Crippen molar-refractivity contribution in [1.82, 2.24) is 4.98 Å². The predicted octanol–water partition coefficient (Wildman–Crippen LogP) is 5.65. The van der Waals surface area contributed by atoms with Crippen LogP contribution in [-0.2, 0) is 0 Å². The molecule has 1 heterocycles. The van der Waals surface area contributed by atoms with E-state index in [9.17, 15) is 13.6 Å². The minimum atomic E-state index is -0.863. The number of fused-ring (bicyclic) bond motifs is 1. The van der Waals surface area contributed by atoms with Crippen LogP contribution in [0.2, 0.25) is 0 Å². The second-order valence-corrected chi connectivity index (χ2v) is 9.43. The van der Waals surface area contributed by atoms with E-state index in [4.69, 9.17) is 10.7 Å². The molecule has 3 aromatic rings. The van der Waals surface area contributed by atoms with Gasteiger partial charge in [-0.3, -0.25) is 4.90 Å². The third-order valence-corrected chi connectivity index (χ3v) is 6.51. The van der Waals surface area contributed by atoms with Crippen molar-refractivity contribution in [2.75, 3.05) is 29.2 Å². The van der Waals surface area contributed by atoms with E-state index < -0.39 is 23.4 Å². The van der Waals surface area contributed by atoms with Crippen molar-refractivity contribution >= 4 is 50.1 Å². The number of amides is 2. The fourth-order valence-corrected chi connectivity index (χ4v) is 4.93. The zero-order chi connectivity index (χ0) is 23.7. The van der Waals surface area contributed by atoms with E-state index in [-0.39, 0.29) is 16.6 Å². The van der Waals surface area contributed by atoms with Crippen LogP contribution in [0.1, 0.15) is 25.7 Å². The summed E-state index contributed by atoms with van der Waals surface area (Å²) < 4.78 is 29.3. The molecule has 6 nitrogen and oxygen atoms in total. The van der Waals surface area contributed by atoms with E-state index in [0.717, 1.165) is 39.4 Å². The van der Waals surface area contributed by atoms with Gasteiger partial charge in [0.15, 0.2) is 11.6 Å². The molecule has 1 fully saturated rings. The van der Waals surface area contributed by atoms with Crippen molar-refractivity contribution in [1.29, 1.82) is 0 Å². The molecule has 0 bridgehead atoms. The van der Waals surface area contributed by atoms with Crippen molar-refractivity contribution in [3.63, 3.8) is 0 Å². The maximum atomic E-state index is 14.5. The smallest absolute Gasteiger partial charge is 0.319 e. The molecule has 0 aliphatic heterocycles. The van der Waals surface area contributed by atoms with Gasteiger partial charge in [0.05, 0.1) is 5.52 Å². The minimum absolute atomic E-state index is 0.124. The lowest BCUT2D eigenvalue weighted by atomic mass is 9.89. The van der Waals surface area contributed by atoms with Gasteiger partial charge in [0.25, 0.3) is 0 Å². The summed E-state index contributed by atoms with van der Waals surface area (Å²) >= 11 is 3.07. The Kier molecular flexibility index (Phi) is 6.69. The highest BCUT2D eigenvalue weighted by atomic mass is 79.9. The molecule has 0 spiro atoms. The number of aromatic nitrogens is 1. The number of halogens is 3. The standard InChI is InChI=1S/C24H26BrF2N5O/c1-31(2)21-13-22(30-20-6-4-3-5-17(20)21)29-15-7-9-16(10-8-15)32(24(28)33)23-18(26)11-14(25)12-19(23)27/h3-6,11-13,15-16H,7-10H2,1-2H3,(H2,28,33)(H,29,30)/t15-,16+. The Hall–Kier alpha value is -2.94. The highest BCUT2D eigenvalue weighted by molar-refractivity contribution is 9.10. The number of primary amides is 1. The van der Waals surface area contributed by atoms with Crippen LogP contribution in [-0.4, -0.2) is 37.2 Å². The molecular formula is C24H26BrF2N5O. The van der Waals surface area contributed by atoms with Crippen LogP contribution < -0.4 is 20.9 Å². The molecule has 0 unspecified atom stereocenters. The summed E-state index contributed by atoms with van der Waals surface area (Å²) in [5, 5.41) is 4.58. The van der Waals surface area contributed by atoms with E-state index in [1.165, 1.54) is 0 Å². The number of hydrogen-bond acceptors (Lipinski definition) is 4. The molecule has 33 heavy (non-hydrogen) atoms. The average Bonchev–Trinajstić information content (AvgIpc) is 2.76. The minimum Gasteiger partial charge on any atom is -0.377 e. The third kappa shape index (κ3) is 4.88. The Morgan fingerprint density at radius 1 is 1.09 bits per heavy atom. The third-order valence-electron chi connectivity index (χ3n) is 6.05. The zero-order valence-electron chi connectivity index (χ0n) is 18.5. The molecule has 1 aromatic heterocycles. The second-order valence-electron chi connectivity index (χ2n) is 8.51. The number of nitrogens with one attached hydrogen (secondary N) is 1. The maximum Gasteiger partial charge on any atom is 0.319 e. The summed E-state index contributed by atoms with van der Waals surface area (Å²) in [5.74, 6) is -0.868. The number of para-hydroxylation sites is 1. The lowest BCUT2D eigenvalue weighted by Crippen LogP contribution is -2.47. The Balaban J connectivity index is 1.50. The Morgan fingerprint density at radius 3 is 2.33 bits per heavy atom. The molecule has 1 saturated carbocycles. The molecule has 9 heteroatoms. The van der Waals surface area contributed by atoms with E-state index in [1.807, 2.05) is 44.4 Å². The van der Waals surface area contributed by atoms with Gasteiger partial charge in [-0.1, -0.05) is 34.1 Å². The summed E-state index contributed by atoms with van der Waals surface area (Å²) in [6.45, 7) is 0. The zero-order valence-corrected chi connectivity index (χ0v) is 20.1. The van der Waals surface area contributed by atoms with Crippen molar-refractivity contribution in [2.45, 2.75) is 37.8 Å². The highest BCUT2D eigenvalue weighted by Gasteiger charge is 2.32. The normalized spacial score (nSPS) is 18.2. The largest absolute Gasteiger partial charge is 0.377 e. The number of anilines is 3. The van der Waals surface area contributed by atoms with Crippen molar-refractivity contribution in [3.05, 3.63) is 58.6 Å². The van der Waals surface area contributed by atoms with Crippen LogP contribution in [0.15, 0.2) is 46.9 Å². The van der Waals surface area contributed by atoms with Crippen LogP contribution in [0.25, 0.3) is 10.9 Å². The summed E-state index contributed by atoms with van der Waals surface area (Å²) in [6.07, 6.45) is 2.54. The van der Waals surface area contributed by atoms with Crippen LogP contribution >= 0.6 is 15.9 Å². The van der Waals surface area contributed by atoms with Gasteiger partial charge in [0, 0.05) is 47.8 Å². The fraction of sp³-hybridized carbons (Fsp3) is 0.333. The molecule has 1 aliphatic rings. The number of benzene rings is 2. The molecule has 4 rings (SSSR count). The molecule has 0 saturated heterocycles. The molecule has 2 amide bonds. The van der Waals surface area contributed by atoms with Crippen LogP contribution in [0.4, 0.5) is 30.8 Å². The SMILES string of the molecule is CN(C)c1cc(N[C@H]2CC[C@@H](N(C(N)=O)c3c(F)cc(Br)cc3F)CC2)nc2ccccc12. The Bertz CT molecular complexity index is 1160. The van der Waals surface area contributed by atoms with Gasteiger partial charge in [-0.05, 0) is 43.9 Å². The molecule has 0 atom stereocenters. The van der Waals surface area contributed by atoms with Gasteiger partial charge in [0.2, 0.25) is 0 Å². The van der Waals surface area contributed by atoms with Crippen molar-refractivity contribution in [2.24, 2.45) is 5.73 Å². The van der Waals surface area contributed by atoms with E-state index in [2.05, 4.69) is 26.1 Å². The number of rotatable bonds is 5. The van der Waals surface area contributed by atoms with Crippen molar-refractivity contribution < 1.29 is 13.6 Å². The lowest BCUT2D eigenvalue weighted by molar-refractivity contribution is 0.248. The number of pyridine rings is 1. The maximum absolute atomic E-state index is 14.5. The topological polar surface area (TPSA) is 74.5 Å². The van der Waals surface area contributed by atoms with Gasteiger partial charge in [-0.25, -0.2) is 18.6 Å².